The summed E-state index contributed by atoms with van der Waals surface area (Å²) in [5.41, 5.74) is 2.65. The standard InChI is InChI=1S/C19H24N2O4.C13H18ClN/c1-12-5-6-15-13(9-12)10-16(24-15)17(22)20-14-7-8-21(11-14)18(23)25-19(2,3)4;1-11-6-8-15(9-7-11)10-12-2-4-13(14)5-3-12/h5-6,9-10,14H,7-8,11H2,1-4H3,(H,20,22);2-5,11H,6-10H2,1H3. The predicted molar refractivity (Wildman–Crippen MR) is 160 cm³/mol. The molecule has 0 spiro atoms. The molecule has 40 heavy (non-hydrogen) atoms. The number of nitrogens with one attached hydrogen (secondary N) is 1. The Labute approximate surface area is 242 Å². The lowest BCUT2D eigenvalue weighted by atomic mass is 9.99. The molecule has 1 unspecified atom stereocenters. The van der Waals surface area contributed by atoms with Crippen LogP contribution in [-0.2, 0) is 11.3 Å². The van der Waals surface area contributed by atoms with Crippen LogP contribution in [0.15, 0.2) is 52.9 Å². The fourth-order valence-corrected chi connectivity index (χ4v) is 5.10. The smallest absolute Gasteiger partial charge is 0.410 e. The summed E-state index contributed by atoms with van der Waals surface area (Å²) in [7, 11) is 0. The lowest BCUT2D eigenvalue weighted by Crippen LogP contribution is -2.40. The van der Waals surface area contributed by atoms with Crippen molar-refractivity contribution >= 4 is 34.6 Å². The number of carbonyl (C=O) groups is 2. The third-order valence-electron chi connectivity index (χ3n) is 7.27. The zero-order valence-corrected chi connectivity index (χ0v) is 25.1. The van der Waals surface area contributed by atoms with Gasteiger partial charge in [-0.2, -0.15) is 0 Å². The maximum atomic E-state index is 12.4. The Bertz CT molecular complexity index is 1290. The number of likely N-dealkylation sites (tertiary alicyclic amines) is 2. The number of amides is 2. The van der Waals surface area contributed by atoms with Gasteiger partial charge in [0.05, 0.1) is 0 Å². The monoisotopic (exact) mass is 567 g/mol. The normalized spacial score (nSPS) is 18.4. The molecule has 0 saturated carbocycles. The largest absolute Gasteiger partial charge is 0.451 e. The summed E-state index contributed by atoms with van der Waals surface area (Å²) in [5.74, 6) is 0.938. The van der Waals surface area contributed by atoms with E-state index in [0.717, 1.165) is 28.4 Å². The summed E-state index contributed by atoms with van der Waals surface area (Å²) < 4.78 is 11.0. The average molecular weight is 568 g/mol. The molecule has 2 amide bonds. The molecule has 5 rings (SSSR count). The van der Waals surface area contributed by atoms with E-state index in [0.29, 0.717) is 25.1 Å². The number of ether oxygens (including phenoxy) is 1. The summed E-state index contributed by atoms with van der Waals surface area (Å²) >= 11 is 5.86. The Hall–Kier alpha value is -3.03. The summed E-state index contributed by atoms with van der Waals surface area (Å²) in [4.78, 5) is 28.7. The van der Waals surface area contributed by atoms with Crippen LogP contribution in [0.2, 0.25) is 5.02 Å². The molecule has 8 heteroatoms. The highest BCUT2D eigenvalue weighted by Gasteiger charge is 2.31. The predicted octanol–water partition coefficient (Wildman–Crippen LogP) is 7.05. The molecule has 0 bridgehead atoms. The maximum absolute atomic E-state index is 12.4. The fourth-order valence-electron chi connectivity index (χ4n) is 4.97. The second kappa shape index (κ2) is 13.1. The molecule has 1 N–H and O–H groups in total. The number of nitrogens with zero attached hydrogens (tertiary/aromatic N) is 2. The Morgan fingerprint density at radius 1 is 1.02 bits per heavy atom. The highest BCUT2D eigenvalue weighted by molar-refractivity contribution is 6.30. The molecule has 2 aromatic carbocycles. The Morgan fingerprint density at radius 3 is 2.40 bits per heavy atom. The van der Waals surface area contributed by atoms with Gasteiger partial charge in [0, 0.05) is 36.1 Å². The number of carbonyl (C=O) groups excluding carboxylic acids is 2. The van der Waals surface area contributed by atoms with E-state index in [4.69, 9.17) is 20.8 Å². The number of fused-ring (bicyclic) bond motifs is 1. The van der Waals surface area contributed by atoms with Gasteiger partial charge in [-0.25, -0.2) is 4.79 Å². The minimum atomic E-state index is -0.523. The molecule has 1 atom stereocenters. The Kier molecular flexibility index (Phi) is 9.80. The highest BCUT2D eigenvalue weighted by Crippen LogP contribution is 2.22. The van der Waals surface area contributed by atoms with Gasteiger partial charge in [-0.1, -0.05) is 42.3 Å². The van der Waals surface area contributed by atoms with E-state index in [9.17, 15) is 9.59 Å². The van der Waals surface area contributed by atoms with Crippen LogP contribution < -0.4 is 5.32 Å². The minimum absolute atomic E-state index is 0.102. The van der Waals surface area contributed by atoms with Crippen molar-refractivity contribution in [3.63, 3.8) is 0 Å². The maximum Gasteiger partial charge on any atom is 0.410 e. The van der Waals surface area contributed by atoms with Gasteiger partial charge in [0.1, 0.15) is 11.2 Å². The van der Waals surface area contributed by atoms with Crippen molar-refractivity contribution in [3.8, 4) is 0 Å². The number of hydrogen-bond acceptors (Lipinski definition) is 5. The molecule has 7 nitrogen and oxygen atoms in total. The van der Waals surface area contributed by atoms with Gasteiger partial charge >= 0.3 is 6.09 Å². The first-order valence-corrected chi connectivity index (χ1v) is 14.6. The van der Waals surface area contributed by atoms with Crippen LogP contribution in [0.3, 0.4) is 0 Å². The molecule has 3 aromatic rings. The van der Waals surface area contributed by atoms with E-state index in [-0.39, 0.29) is 23.8 Å². The van der Waals surface area contributed by atoms with Gasteiger partial charge in [-0.05, 0) is 102 Å². The molecule has 2 fully saturated rings. The van der Waals surface area contributed by atoms with Crippen LogP contribution in [0.4, 0.5) is 4.79 Å². The highest BCUT2D eigenvalue weighted by atomic mass is 35.5. The first-order chi connectivity index (χ1) is 18.9. The van der Waals surface area contributed by atoms with Gasteiger partial charge in [0.25, 0.3) is 5.91 Å². The van der Waals surface area contributed by atoms with Crippen LogP contribution in [0, 0.1) is 12.8 Å². The Morgan fingerprint density at radius 2 is 1.73 bits per heavy atom. The summed E-state index contributed by atoms with van der Waals surface area (Å²) in [6.45, 7) is 14.4. The van der Waals surface area contributed by atoms with E-state index in [1.54, 1.807) is 11.0 Å². The van der Waals surface area contributed by atoms with E-state index in [1.165, 1.54) is 31.5 Å². The van der Waals surface area contributed by atoms with Gasteiger partial charge in [-0.3, -0.25) is 9.69 Å². The summed E-state index contributed by atoms with van der Waals surface area (Å²) in [6.07, 6.45) is 3.04. The zero-order chi connectivity index (χ0) is 28.9. The number of piperidine rings is 1. The van der Waals surface area contributed by atoms with Crippen LogP contribution in [0.5, 0.6) is 0 Å². The first kappa shape index (κ1) is 29.9. The summed E-state index contributed by atoms with van der Waals surface area (Å²) in [5, 5.41) is 4.67. The Balaban J connectivity index is 0.000000210. The van der Waals surface area contributed by atoms with E-state index < -0.39 is 5.60 Å². The molecule has 2 saturated heterocycles. The van der Waals surface area contributed by atoms with Crippen LogP contribution in [0.25, 0.3) is 11.0 Å². The van der Waals surface area contributed by atoms with Crippen molar-refractivity contribution in [2.45, 2.75) is 72.1 Å². The lowest BCUT2D eigenvalue weighted by molar-refractivity contribution is 0.0290. The van der Waals surface area contributed by atoms with Crippen LogP contribution in [0.1, 0.15) is 68.6 Å². The molecular weight excluding hydrogens is 526 g/mol. The van der Waals surface area contributed by atoms with Crippen molar-refractivity contribution in [3.05, 3.63) is 70.4 Å². The van der Waals surface area contributed by atoms with Crippen LogP contribution >= 0.6 is 11.6 Å². The minimum Gasteiger partial charge on any atom is -0.451 e. The fraction of sp³-hybridized carbons (Fsp3) is 0.500. The average Bonchev–Trinajstić information content (AvgIpc) is 3.53. The number of hydrogen-bond donors (Lipinski definition) is 1. The molecule has 2 aliphatic rings. The van der Waals surface area contributed by atoms with E-state index in [1.807, 2.05) is 58.0 Å². The number of furan rings is 1. The van der Waals surface area contributed by atoms with Gasteiger partial charge in [-0.15, -0.1) is 0 Å². The van der Waals surface area contributed by atoms with Crippen molar-refractivity contribution in [2.75, 3.05) is 26.2 Å². The third-order valence-corrected chi connectivity index (χ3v) is 7.52. The van der Waals surface area contributed by atoms with Crippen molar-refractivity contribution in [1.82, 2.24) is 15.1 Å². The second-order valence-corrected chi connectivity index (χ2v) is 12.6. The van der Waals surface area contributed by atoms with Gasteiger partial charge in [0.2, 0.25) is 0 Å². The zero-order valence-electron chi connectivity index (χ0n) is 24.3. The summed E-state index contributed by atoms with van der Waals surface area (Å²) in [6, 6.07) is 15.6. The van der Waals surface area contributed by atoms with Gasteiger partial charge < -0.3 is 19.4 Å². The van der Waals surface area contributed by atoms with Crippen LogP contribution in [-0.4, -0.2) is 59.6 Å². The number of rotatable bonds is 4. The molecule has 3 heterocycles. The second-order valence-electron chi connectivity index (χ2n) is 12.1. The number of halogens is 1. The quantitative estimate of drug-likeness (QED) is 0.365. The van der Waals surface area contributed by atoms with Crippen molar-refractivity contribution in [1.29, 1.82) is 0 Å². The number of benzene rings is 2. The molecule has 0 aliphatic carbocycles. The first-order valence-electron chi connectivity index (χ1n) is 14.2. The number of aryl methyl sites for hydroxylation is 1. The molecule has 0 radical (unpaired) electrons. The third kappa shape index (κ3) is 8.73. The lowest BCUT2D eigenvalue weighted by Gasteiger charge is -2.30. The van der Waals surface area contributed by atoms with Crippen molar-refractivity contribution in [2.24, 2.45) is 5.92 Å². The molecular formula is C32H42ClN3O4. The van der Waals surface area contributed by atoms with E-state index in [2.05, 4.69) is 29.3 Å². The SMILES string of the molecule is CC1CCN(Cc2ccc(Cl)cc2)CC1.Cc1ccc2oc(C(=O)NC3CCN(C(=O)OC(C)(C)C)C3)cc2c1. The van der Waals surface area contributed by atoms with Gasteiger partial charge in [0.15, 0.2) is 5.76 Å². The van der Waals surface area contributed by atoms with Crippen molar-refractivity contribution < 1.29 is 18.7 Å². The molecule has 216 valence electrons. The van der Waals surface area contributed by atoms with E-state index >= 15 is 0 Å². The molecule has 2 aliphatic heterocycles. The molecule has 1 aromatic heterocycles. The topological polar surface area (TPSA) is 75.0 Å².